The van der Waals surface area contributed by atoms with E-state index in [2.05, 4.69) is 66.7 Å². The summed E-state index contributed by atoms with van der Waals surface area (Å²) in [6.07, 6.45) is -3.46. The largest absolute Gasteiger partial charge is 0.481 e. The van der Waals surface area contributed by atoms with E-state index >= 15 is 0 Å². The van der Waals surface area contributed by atoms with Gasteiger partial charge >= 0.3 is 29.8 Å². The number of carboxylic acids is 4. The van der Waals surface area contributed by atoms with E-state index in [0.717, 1.165) is 39.0 Å². The SMILES string of the molecule is CC(C)CCCCCCCCC(=O)NC(Cc1c[nH]c2ccccc12)C(=O)NC(CC(N)=O)C(=O)NC(CC(=O)O)C(=O)NC1C(=O)NCC(=O)NC(CCCN)C(=O)NC(CC(=O)O)C(=O)NC(CO)C(=O)NC(CC(=O)O)C(=O)NCC(=O)NC(CO)C(=O)NC(CCC(=O)O)C(=O)NC(CC(=O)c2ccccc2N)C(=O)OC1C. The fraction of sp³-hybridized carbons (Fsp3) is 0.534. The quantitative estimate of drug-likeness (QED) is 0.0110. The lowest BCUT2D eigenvalue weighted by Crippen LogP contribution is -2.61. The number of hydrogen-bond acceptors (Lipinski definition) is 25. The second kappa shape index (κ2) is 49.1. The fourth-order valence-corrected chi connectivity index (χ4v) is 11.8. The number of H-pyrrole nitrogens is 1. The Hall–Kier alpha value is -12.7. The number of aromatic nitrogens is 1. The minimum Gasteiger partial charge on any atom is -0.481 e. The smallest absolute Gasteiger partial charge is 0.329 e. The van der Waals surface area contributed by atoms with Crippen LogP contribution >= 0.6 is 0 Å². The molecule has 117 heavy (non-hydrogen) atoms. The molecule has 1 aliphatic rings. The standard InChI is InChI=1S/C73H103N17O27/c1-36(2)15-8-6-4-5-7-9-21-55(95)81-45(25-38-31-77-42-19-13-11-16-39(38)42)66(109)84-46(27-54(76)94)67(110)87-49(30-61(104)105)69(112)90-62-37(3)117-73(116)50(26-53(93)40-17-10-12-18-41(40)75)88-65(108)44(22-23-58(98)99)83-70(113)51(34-91)82-57(97)32-78-63(106)47(28-59(100)101)85-71(114)52(35-92)89-68(111)48(29-60(102)103)86-64(107)43(20-14-24-74)80-56(96)33-79-72(62)115/h10-13,16-19,31,36-37,43-52,62,77,91-92H,4-9,14-15,20-30,32-35,74-75H2,1-3H3,(H2,76,94)(H,78,106)(H,79,115)(H,80,96)(H,81,95)(H,82,97)(H,83,113)(H,84,109)(H,85,114)(H,86,107)(H,87,110)(H,88,108)(H,89,111)(H,90,112)(H,98,99)(H,100,101)(H,102,103)(H,104,105). The van der Waals surface area contributed by atoms with Gasteiger partial charge in [0, 0.05) is 54.0 Å². The molecule has 2 heterocycles. The lowest BCUT2D eigenvalue weighted by atomic mass is 10.0. The molecule has 0 radical (unpaired) electrons. The number of fused-ring (bicyclic) bond motifs is 1. The summed E-state index contributed by atoms with van der Waals surface area (Å²) in [5.74, 6) is -28.4. The summed E-state index contributed by atoms with van der Waals surface area (Å²) >= 11 is 0. The van der Waals surface area contributed by atoms with E-state index in [1.807, 2.05) is 21.3 Å². The van der Waals surface area contributed by atoms with Crippen molar-refractivity contribution >= 4 is 135 Å². The van der Waals surface area contributed by atoms with E-state index in [0.29, 0.717) is 35.2 Å². The molecule has 0 aliphatic carbocycles. The first kappa shape index (κ1) is 96.6. The van der Waals surface area contributed by atoms with Gasteiger partial charge in [-0.1, -0.05) is 82.7 Å². The molecule has 4 rings (SSSR count). The number of nitrogens with one attached hydrogen (secondary N) is 14. The molecule has 12 unspecified atom stereocenters. The van der Waals surface area contributed by atoms with Gasteiger partial charge in [0.1, 0.15) is 72.6 Å². The monoisotopic (exact) mass is 1650 g/mol. The zero-order chi connectivity index (χ0) is 87.2. The summed E-state index contributed by atoms with van der Waals surface area (Å²) in [4.78, 5) is 276. The number of primary amides is 1. The van der Waals surface area contributed by atoms with E-state index in [1.54, 1.807) is 30.5 Å². The molecular formula is C73H103N17O27. The maximum absolute atomic E-state index is 14.8. The number of nitrogens with two attached hydrogens (primary N) is 3. The zero-order valence-corrected chi connectivity index (χ0v) is 64.5. The molecule has 1 saturated heterocycles. The Kier molecular flexibility index (Phi) is 40.6. The lowest BCUT2D eigenvalue weighted by molar-refractivity contribution is -0.156. The van der Waals surface area contributed by atoms with Crippen molar-refractivity contribution in [2.75, 3.05) is 38.6 Å². The van der Waals surface area contributed by atoms with Gasteiger partial charge in [0.15, 0.2) is 5.78 Å². The van der Waals surface area contributed by atoms with Crippen LogP contribution in [0.2, 0.25) is 0 Å². The second-order valence-electron chi connectivity index (χ2n) is 27.9. The first-order valence-electron chi connectivity index (χ1n) is 37.4. The van der Waals surface area contributed by atoms with Gasteiger partial charge in [0.2, 0.25) is 82.7 Å². The number of aromatic amines is 1. The highest BCUT2D eigenvalue weighted by atomic mass is 16.5. The summed E-state index contributed by atoms with van der Waals surface area (Å²) in [5.41, 5.74) is 18.0. The molecule has 0 bridgehead atoms. The van der Waals surface area contributed by atoms with Gasteiger partial charge in [-0.2, -0.15) is 0 Å². The Morgan fingerprint density at radius 2 is 1.01 bits per heavy atom. The number of carbonyl (C=O) groups excluding carboxylic acids is 16. The summed E-state index contributed by atoms with van der Waals surface area (Å²) in [6, 6.07) is -11.3. The van der Waals surface area contributed by atoms with Gasteiger partial charge in [0.05, 0.1) is 52.0 Å². The number of Topliss-reactive ketones (excluding diaryl/α,β-unsaturated/α-hetero) is 1. The summed E-state index contributed by atoms with van der Waals surface area (Å²) in [7, 11) is 0. The first-order chi connectivity index (χ1) is 55.3. The maximum Gasteiger partial charge on any atom is 0.329 e. The number of aliphatic carboxylic acids is 4. The molecule has 0 spiro atoms. The molecule has 1 aliphatic heterocycles. The van der Waals surface area contributed by atoms with Crippen LogP contribution in [0.3, 0.4) is 0 Å². The number of aliphatic hydroxyl groups excluding tert-OH is 2. The third-order valence-electron chi connectivity index (χ3n) is 18.0. The van der Waals surface area contributed by atoms with E-state index in [4.69, 9.17) is 21.9 Å². The van der Waals surface area contributed by atoms with Crippen molar-refractivity contribution in [3.05, 3.63) is 65.9 Å². The number of carbonyl (C=O) groups is 20. The topological polar surface area (TPSA) is 722 Å². The number of benzene rings is 2. The number of unbranched alkanes of at least 4 members (excludes halogenated alkanes) is 5. The van der Waals surface area contributed by atoms with Gasteiger partial charge in [-0.05, 0) is 68.8 Å². The van der Waals surface area contributed by atoms with Crippen LogP contribution in [0.15, 0.2) is 54.7 Å². The predicted molar refractivity (Wildman–Crippen MR) is 406 cm³/mol. The highest BCUT2D eigenvalue weighted by molar-refractivity contribution is 6.05. The molecule has 44 nitrogen and oxygen atoms in total. The van der Waals surface area contributed by atoms with Crippen molar-refractivity contribution in [3.8, 4) is 0 Å². The molecule has 44 heteroatoms. The van der Waals surface area contributed by atoms with Crippen LogP contribution in [0, 0.1) is 5.92 Å². The average molecular weight is 1650 g/mol. The van der Waals surface area contributed by atoms with Crippen molar-refractivity contribution < 1.29 is 131 Å². The van der Waals surface area contributed by atoms with Gasteiger partial charge in [-0.15, -0.1) is 0 Å². The molecule has 1 aromatic heterocycles. The Labute approximate surface area is 668 Å². The molecular weight excluding hydrogens is 1550 g/mol. The third kappa shape index (κ3) is 34.1. The van der Waals surface area contributed by atoms with E-state index in [1.165, 1.54) is 24.3 Å². The van der Waals surface area contributed by atoms with Crippen LogP contribution in [0.4, 0.5) is 5.69 Å². The number of nitrogen functional groups attached to an aromatic ring is 1. The summed E-state index contributed by atoms with van der Waals surface area (Å²) in [5, 5.41) is 88.1. The van der Waals surface area contributed by atoms with Gasteiger partial charge in [0.25, 0.3) is 0 Å². The van der Waals surface area contributed by atoms with Gasteiger partial charge in [-0.25, -0.2) is 4.79 Å². The Bertz CT molecular complexity index is 4080. The molecule has 26 N–H and O–H groups in total. The number of ketones is 1. The molecule has 0 saturated carbocycles. The van der Waals surface area contributed by atoms with Crippen LogP contribution in [-0.2, 0) is 102 Å². The lowest BCUT2D eigenvalue weighted by Gasteiger charge is -2.29. The molecule has 12 atom stereocenters. The number of carboxylic acid groups (broad SMARTS) is 4. The van der Waals surface area contributed by atoms with Crippen LogP contribution in [0.5, 0.6) is 0 Å². The van der Waals surface area contributed by atoms with Crippen LogP contribution in [0.1, 0.15) is 146 Å². The number of hydrogen-bond donors (Lipinski definition) is 23. The highest BCUT2D eigenvalue weighted by Gasteiger charge is 2.41. The predicted octanol–water partition coefficient (Wildman–Crippen LogP) is -6.26. The van der Waals surface area contributed by atoms with Crippen molar-refractivity contribution in [3.63, 3.8) is 0 Å². The van der Waals surface area contributed by atoms with Crippen molar-refractivity contribution in [1.82, 2.24) is 74.1 Å². The van der Waals surface area contributed by atoms with Crippen LogP contribution in [0.25, 0.3) is 10.9 Å². The fourth-order valence-electron chi connectivity index (χ4n) is 11.8. The van der Waals surface area contributed by atoms with Crippen molar-refractivity contribution in [1.29, 1.82) is 0 Å². The number of aliphatic hydroxyl groups is 2. The van der Waals surface area contributed by atoms with Crippen molar-refractivity contribution in [2.45, 2.75) is 209 Å². The van der Waals surface area contributed by atoms with Crippen molar-refractivity contribution in [2.24, 2.45) is 17.4 Å². The molecule has 2 aromatic carbocycles. The number of amides is 14. The maximum atomic E-state index is 14.8. The number of para-hydroxylation sites is 2. The Balaban J connectivity index is 1.86. The molecule has 1 fully saturated rings. The normalized spacial score (nSPS) is 20.8. The number of anilines is 1. The van der Waals surface area contributed by atoms with E-state index in [-0.39, 0.29) is 37.1 Å². The zero-order valence-electron chi connectivity index (χ0n) is 64.5. The second-order valence-corrected chi connectivity index (χ2v) is 27.9. The summed E-state index contributed by atoms with van der Waals surface area (Å²) < 4.78 is 5.65. The minimum absolute atomic E-state index is 0.0251. The number of ether oxygens (including phenoxy) is 1. The molecule has 3 aromatic rings. The van der Waals surface area contributed by atoms with E-state index < -0.39 is 269 Å². The molecule has 642 valence electrons. The highest BCUT2D eigenvalue weighted by Crippen LogP contribution is 2.21. The van der Waals surface area contributed by atoms with Gasteiger partial charge in [-0.3, -0.25) is 91.1 Å². The van der Waals surface area contributed by atoms with Gasteiger partial charge < -0.3 is 127 Å². The number of cyclic esters (lactones) is 1. The Morgan fingerprint density at radius 3 is 1.58 bits per heavy atom. The summed E-state index contributed by atoms with van der Waals surface area (Å²) in [6.45, 7) is -0.257. The molecule has 14 amide bonds. The number of rotatable bonds is 37. The van der Waals surface area contributed by atoms with Crippen LogP contribution < -0.4 is 86.3 Å². The number of esters is 1. The minimum atomic E-state index is -2.46. The third-order valence-corrected chi connectivity index (χ3v) is 18.0. The average Bonchev–Trinajstić information content (AvgIpc) is 1.67. The van der Waals surface area contributed by atoms with Crippen LogP contribution in [-0.4, -0.2) is 259 Å². The Morgan fingerprint density at radius 1 is 0.513 bits per heavy atom. The first-order valence-corrected chi connectivity index (χ1v) is 37.4. The van der Waals surface area contributed by atoms with E-state index in [9.17, 15) is 127 Å².